The van der Waals surface area contributed by atoms with E-state index in [1.807, 2.05) is 13.8 Å². The molecule has 0 bridgehead atoms. The second-order valence-corrected chi connectivity index (χ2v) is 8.20. The summed E-state index contributed by atoms with van der Waals surface area (Å²) in [5.74, 6) is -0.253. The lowest BCUT2D eigenvalue weighted by Gasteiger charge is -2.34. The van der Waals surface area contributed by atoms with Crippen molar-refractivity contribution in [3.05, 3.63) is 12.5 Å². The highest BCUT2D eigenvalue weighted by atomic mass is 32.2. The molecule has 2 fully saturated rings. The maximum atomic E-state index is 12.7. The minimum absolute atomic E-state index is 0.0178. The smallest absolute Gasteiger partial charge is 0.324 e. The molecule has 0 spiro atoms. The number of hydrogen-bond acceptors (Lipinski definition) is 5. The number of rotatable bonds is 4. The fraction of sp³-hybridized carbons (Fsp3) is 0.643. The summed E-state index contributed by atoms with van der Waals surface area (Å²) in [4.78, 5) is 28.7. The maximum absolute atomic E-state index is 12.7. The van der Waals surface area contributed by atoms with Crippen molar-refractivity contribution in [3.8, 4) is 0 Å². The number of imidazole rings is 1. The van der Waals surface area contributed by atoms with Gasteiger partial charge in [-0.1, -0.05) is 0 Å². The number of carbonyl (C=O) groups is 2. The Bertz CT molecular complexity index is 733. The van der Waals surface area contributed by atoms with Crippen LogP contribution in [-0.2, 0) is 14.8 Å². The molecule has 2 saturated heterocycles. The molecule has 3 amide bonds. The van der Waals surface area contributed by atoms with E-state index >= 15 is 0 Å². The van der Waals surface area contributed by atoms with Crippen molar-refractivity contribution in [2.45, 2.75) is 43.8 Å². The van der Waals surface area contributed by atoms with Gasteiger partial charge in [0.2, 0.25) is 5.91 Å². The molecule has 9 nitrogen and oxygen atoms in total. The fourth-order valence-corrected chi connectivity index (χ4v) is 4.40. The van der Waals surface area contributed by atoms with Crippen molar-refractivity contribution in [3.63, 3.8) is 0 Å². The predicted octanol–water partition coefficient (Wildman–Crippen LogP) is 0.169. The normalized spacial score (nSPS) is 20.9. The molecule has 24 heavy (non-hydrogen) atoms. The van der Waals surface area contributed by atoms with E-state index in [-0.39, 0.29) is 42.7 Å². The van der Waals surface area contributed by atoms with Crippen LogP contribution in [0.1, 0.15) is 32.7 Å². The lowest BCUT2D eigenvalue weighted by atomic mass is 10.1. The average molecular weight is 355 g/mol. The van der Waals surface area contributed by atoms with Gasteiger partial charge in [-0.3, -0.25) is 9.69 Å². The van der Waals surface area contributed by atoms with Gasteiger partial charge in [0.05, 0.1) is 12.9 Å². The van der Waals surface area contributed by atoms with E-state index in [0.717, 1.165) is 0 Å². The summed E-state index contributed by atoms with van der Waals surface area (Å²) in [5, 5.41) is 2.52. The topological polar surface area (TPSA) is 105 Å². The first-order chi connectivity index (χ1) is 11.3. The van der Waals surface area contributed by atoms with E-state index < -0.39 is 16.1 Å². The van der Waals surface area contributed by atoms with Crippen LogP contribution in [0.2, 0.25) is 0 Å². The molecule has 0 aliphatic carbocycles. The first kappa shape index (κ1) is 16.9. The minimum Gasteiger partial charge on any atom is -0.334 e. The van der Waals surface area contributed by atoms with Crippen LogP contribution >= 0.6 is 0 Å². The van der Waals surface area contributed by atoms with Gasteiger partial charge in [-0.05, 0) is 26.7 Å². The van der Waals surface area contributed by atoms with E-state index in [9.17, 15) is 18.0 Å². The molecule has 1 N–H and O–H groups in total. The van der Waals surface area contributed by atoms with Crippen LogP contribution in [0.5, 0.6) is 0 Å². The molecule has 2 aliphatic rings. The summed E-state index contributed by atoms with van der Waals surface area (Å²) in [6.07, 6.45) is 3.91. The molecule has 0 atom stereocenters. The van der Waals surface area contributed by atoms with Crippen LogP contribution in [0.15, 0.2) is 17.6 Å². The molecule has 0 radical (unpaired) electrons. The van der Waals surface area contributed by atoms with Gasteiger partial charge in [0, 0.05) is 31.4 Å². The molecular weight excluding hydrogens is 334 g/mol. The van der Waals surface area contributed by atoms with Gasteiger partial charge in [-0.15, -0.1) is 0 Å². The Morgan fingerprint density at radius 3 is 2.42 bits per heavy atom. The number of aromatic nitrogens is 2. The highest BCUT2D eigenvalue weighted by Crippen LogP contribution is 2.24. The second-order valence-electron chi connectivity index (χ2n) is 6.31. The van der Waals surface area contributed by atoms with Gasteiger partial charge in [-0.25, -0.2) is 18.2 Å². The van der Waals surface area contributed by atoms with Crippen molar-refractivity contribution in [1.29, 1.82) is 0 Å². The van der Waals surface area contributed by atoms with Gasteiger partial charge < -0.3 is 9.88 Å². The Hall–Kier alpha value is -1.94. The van der Waals surface area contributed by atoms with Crippen LogP contribution < -0.4 is 5.32 Å². The second kappa shape index (κ2) is 6.17. The van der Waals surface area contributed by atoms with Gasteiger partial charge in [0.15, 0.2) is 5.03 Å². The summed E-state index contributed by atoms with van der Waals surface area (Å²) in [6, 6.07) is -0.511. The number of amides is 3. The lowest BCUT2D eigenvalue weighted by Crippen LogP contribution is -2.49. The molecule has 0 saturated carbocycles. The molecule has 3 heterocycles. The van der Waals surface area contributed by atoms with E-state index in [4.69, 9.17) is 0 Å². The van der Waals surface area contributed by atoms with E-state index in [1.165, 1.54) is 21.7 Å². The Morgan fingerprint density at radius 2 is 1.92 bits per heavy atom. The fourth-order valence-electron chi connectivity index (χ4n) is 3.01. The minimum atomic E-state index is -3.65. The third-order valence-corrected chi connectivity index (χ3v) is 6.23. The highest BCUT2D eigenvalue weighted by Gasteiger charge is 2.39. The SMILES string of the molecule is CC(C)n1cnc(S(=O)(=O)N2CCC(N3C(=O)CNC3=O)CC2)c1. The van der Waals surface area contributed by atoms with Crippen molar-refractivity contribution in [1.82, 2.24) is 24.1 Å². The molecule has 2 aliphatic heterocycles. The third-order valence-electron chi connectivity index (χ3n) is 4.45. The third kappa shape index (κ3) is 2.91. The van der Waals surface area contributed by atoms with Gasteiger partial charge in [0.25, 0.3) is 10.0 Å². The van der Waals surface area contributed by atoms with Crippen LogP contribution in [-0.4, -0.2) is 64.8 Å². The summed E-state index contributed by atoms with van der Waals surface area (Å²) in [6.45, 7) is 4.44. The number of sulfonamides is 1. The Balaban J connectivity index is 1.69. The zero-order chi connectivity index (χ0) is 17.5. The summed E-state index contributed by atoms with van der Waals surface area (Å²) in [5.41, 5.74) is 0. The molecule has 0 unspecified atom stereocenters. The lowest BCUT2D eigenvalue weighted by molar-refractivity contribution is -0.127. The van der Waals surface area contributed by atoms with Crippen molar-refractivity contribution in [2.75, 3.05) is 19.6 Å². The number of nitrogens with zero attached hydrogens (tertiary/aromatic N) is 4. The van der Waals surface area contributed by atoms with E-state index in [0.29, 0.717) is 12.8 Å². The first-order valence-corrected chi connectivity index (χ1v) is 9.38. The number of urea groups is 1. The van der Waals surface area contributed by atoms with Crippen molar-refractivity contribution >= 4 is 22.0 Å². The molecule has 3 rings (SSSR count). The number of carbonyl (C=O) groups excluding carboxylic acids is 2. The van der Waals surface area contributed by atoms with Crippen LogP contribution in [0.25, 0.3) is 0 Å². The monoisotopic (exact) mass is 355 g/mol. The number of nitrogens with one attached hydrogen (secondary N) is 1. The van der Waals surface area contributed by atoms with Crippen LogP contribution in [0.4, 0.5) is 4.79 Å². The average Bonchev–Trinajstić information content (AvgIpc) is 3.15. The van der Waals surface area contributed by atoms with Gasteiger partial charge in [-0.2, -0.15) is 4.31 Å². The summed E-state index contributed by atoms with van der Waals surface area (Å²) < 4.78 is 28.5. The zero-order valence-corrected chi connectivity index (χ0v) is 14.5. The van der Waals surface area contributed by atoms with Crippen molar-refractivity contribution in [2.24, 2.45) is 0 Å². The zero-order valence-electron chi connectivity index (χ0n) is 13.7. The standard InChI is InChI=1S/C14H21N5O4S/c1-10(2)17-8-12(16-9-17)24(22,23)18-5-3-11(4-6-18)19-13(20)7-15-14(19)21/h8-11H,3-7H2,1-2H3,(H,15,21). The van der Waals surface area contributed by atoms with Gasteiger partial charge in [0.1, 0.15) is 0 Å². The molecule has 0 aromatic carbocycles. The summed E-state index contributed by atoms with van der Waals surface area (Å²) >= 11 is 0. The molecule has 1 aromatic heterocycles. The number of imide groups is 1. The largest absolute Gasteiger partial charge is 0.334 e. The van der Waals surface area contributed by atoms with E-state index in [2.05, 4.69) is 10.3 Å². The summed E-state index contributed by atoms with van der Waals surface area (Å²) in [7, 11) is -3.65. The Labute approximate surface area is 140 Å². The molecule has 10 heteroatoms. The molecule has 1 aromatic rings. The Kier molecular flexibility index (Phi) is 4.35. The van der Waals surface area contributed by atoms with Crippen molar-refractivity contribution < 1.29 is 18.0 Å². The quantitative estimate of drug-likeness (QED) is 0.775. The van der Waals surface area contributed by atoms with Crippen LogP contribution in [0.3, 0.4) is 0 Å². The number of hydrogen-bond donors (Lipinski definition) is 1. The van der Waals surface area contributed by atoms with Crippen LogP contribution in [0, 0.1) is 0 Å². The highest BCUT2D eigenvalue weighted by molar-refractivity contribution is 7.89. The number of piperidine rings is 1. The predicted molar refractivity (Wildman–Crippen MR) is 84.6 cm³/mol. The maximum Gasteiger partial charge on any atom is 0.324 e. The molecule has 132 valence electrons. The van der Waals surface area contributed by atoms with Gasteiger partial charge >= 0.3 is 6.03 Å². The Morgan fingerprint density at radius 1 is 1.25 bits per heavy atom. The van der Waals surface area contributed by atoms with E-state index in [1.54, 1.807) is 4.57 Å². The first-order valence-electron chi connectivity index (χ1n) is 7.94. The molecular formula is C14H21N5O4S.